The predicted molar refractivity (Wildman–Crippen MR) is 110 cm³/mol. The summed E-state index contributed by atoms with van der Waals surface area (Å²) in [6, 6.07) is 10.8. The summed E-state index contributed by atoms with van der Waals surface area (Å²) < 4.78 is 7.93. The summed E-state index contributed by atoms with van der Waals surface area (Å²) in [4.78, 5) is 28.3. The van der Waals surface area contributed by atoms with E-state index in [4.69, 9.17) is 4.74 Å². The van der Waals surface area contributed by atoms with Crippen LogP contribution in [0.25, 0.3) is 20.3 Å². The van der Waals surface area contributed by atoms with Gasteiger partial charge in [-0.1, -0.05) is 12.1 Å². The van der Waals surface area contributed by atoms with Crippen LogP contribution in [0.5, 0.6) is 5.75 Å². The average Bonchev–Trinajstić information content (AvgIpc) is 3.25. The van der Waals surface area contributed by atoms with Gasteiger partial charge in [-0.25, -0.2) is 4.98 Å². The summed E-state index contributed by atoms with van der Waals surface area (Å²) in [5, 5.41) is 6.73. The Balaban J connectivity index is 1.52. The highest BCUT2D eigenvalue weighted by molar-refractivity contribution is 7.21. The third-order valence-electron chi connectivity index (χ3n) is 4.08. The first-order valence-electron chi connectivity index (χ1n) is 8.32. The van der Waals surface area contributed by atoms with Crippen molar-refractivity contribution in [3.05, 3.63) is 52.3 Å². The van der Waals surface area contributed by atoms with Gasteiger partial charge in [0.2, 0.25) is 0 Å². The number of thiophene rings is 1. The molecule has 0 atom stereocenters. The number of ketones is 1. The molecule has 4 rings (SSSR count). The third-order valence-corrected chi connectivity index (χ3v) is 5.92. The van der Waals surface area contributed by atoms with E-state index in [2.05, 4.69) is 10.3 Å². The Bertz CT molecular complexity index is 1180. The van der Waals surface area contributed by atoms with Crippen molar-refractivity contribution >= 4 is 60.4 Å². The van der Waals surface area contributed by atoms with Crippen LogP contribution in [-0.4, -0.2) is 23.3 Å². The van der Waals surface area contributed by atoms with Crippen LogP contribution in [0.1, 0.15) is 22.3 Å². The first-order chi connectivity index (χ1) is 13.0. The number of aryl methyl sites for hydroxylation is 1. The molecule has 2 heterocycles. The summed E-state index contributed by atoms with van der Waals surface area (Å²) in [5.41, 5.74) is 2.12. The molecular formula is C20H16N2O3S2. The second-order valence-corrected chi connectivity index (χ2v) is 8.24. The quantitative estimate of drug-likeness (QED) is 0.480. The maximum Gasteiger partial charge on any atom is 0.262 e. The fraction of sp³-hybridized carbons (Fsp3) is 0.150. The fourth-order valence-electron chi connectivity index (χ4n) is 2.86. The number of nitrogens with one attached hydrogen (secondary N) is 1. The molecule has 0 fully saturated rings. The van der Waals surface area contributed by atoms with Crippen molar-refractivity contribution in [2.24, 2.45) is 0 Å². The number of Topliss-reactive ketones (excluding diaryl/α,β-unsaturated/α-hetero) is 1. The topological polar surface area (TPSA) is 68.3 Å². The molecule has 1 amide bonds. The second-order valence-electron chi connectivity index (χ2n) is 6.09. The van der Waals surface area contributed by atoms with Crippen molar-refractivity contribution in [1.29, 1.82) is 0 Å². The van der Waals surface area contributed by atoms with E-state index in [1.54, 1.807) is 46.9 Å². The lowest BCUT2D eigenvalue weighted by atomic mass is 10.1. The molecule has 4 aromatic rings. The summed E-state index contributed by atoms with van der Waals surface area (Å²) in [6.45, 7) is 3.36. The van der Waals surface area contributed by atoms with Crippen molar-refractivity contribution < 1.29 is 14.3 Å². The lowest BCUT2D eigenvalue weighted by Crippen LogP contribution is -2.20. The smallest absolute Gasteiger partial charge is 0.262 e. The molecule has 0 aliphatic carbocycles. The lowest BCUT2D eigenvalue weighted by molar-refractivity contribution is -0.118. The number of aromatic nitrogens is 1. The van der Waals surface area contributed by atoms with E-state index in [-0.39, 0.29) is 18.3 Å². The fourth-order valence-corrected chi connectivity index (χ4v) is 4.70. The van der Waals surface area contributed by atoms with Gasteiger partial charge >= 0.3 is 0 Å². The number of anilines is 1. The van der Waals surface area contributed by atoms with Crippen molar-refractivity contribution in [1.82, 2.24) is 4.98 Å². The molecule has 0 aliphatic rings. The molecule has 5 nitrogen and oxygen atoms in total. The van der Waals surface area contributed by atoms with Gasteiger partial charge in [0.1, 0.15) is 5.75 Å². The molecule has 0 spiro atoms. The number of ether oxygens (including phenoxy) is 1. The standard InChI is InChI=1S/C20H16N2O3S2/c1-11(23)13-4-3-5-14(8-13)22-18(24)10-25-16-9-17-19(21-12(2)27-17)20-15(16)6-7-26-20/h3-9H,10H2,1-2H3,(H,22,24). The number of rotatable bonds is 5. The maximum atomic E-state index is 12.3. The van der Waals surface area contributed by atoms with E-state index in [1.165, 1.54) is 6.92 Å². The molecular weight excluding hydrogens is 380 g/mol. The minimum absolute atomic E-state index is 0.0460. The summed E-state index contributed by atoms with van der Waals surface area (Å²) in [7, 11) is 0. The van der Waals surface area contributed by atoms with Gasteiger partial charge < -0.3 is 10.1 Å². The summed E-state index contributed by atoms with van der Waals surface area (Å²) in [6.07, 6.45) is 0. The molecule has 1 N–H and O–H groups in total. The largest absolute Gasteiger partial charge is 0.483 e. The Labute approximate surface area is 163 Å². The Hall–Kier alpha value is -2.77. The number of hydrogen-bond donors (Lipinski definition) is 1. The molecule has 2 aromatic carbocycles. The minimum Gasteiger partial charge on any atom is -0.483 e. The highest BCUT2D eigenvalue weighted by atomic mass is 32.1. The van der Waals surface area contributed by atoms with Crippen LogP contribution < -0.4 is 10.1 Å². The van der Waals surface area contributed by atoms with Gasteiger partial charge in [-0.3, -0.25) is 9.59 Å². The van der Waals surface area contributed by atoms with E-state index in [9.17, 15) is 9.59 Å². The molecule has 27 heavy (non-hydrogen) atoms. The Kier molecular flexibility index (Phi) is 4.63. The van der Waals surface area contributed by atoms with Crippen molar-refractivity contribution in [3.63, 3.8) is 0 Å². The number of hydrogen-bond acceptors (Lipinski definition) is 6. The van der Waals surface area contributed by atoms with Crippen LogP contribution >= 0.6 is 22.7 Å². The van der Waals surface area contributed by atoms with Crippen LogP contribution in [0.3, 0.4) is 0 Å². The van der Waals surface area contributed by atoms with Gasteiger partial charge in [0, 0.05) is 22.7 Å². The molecule has 0 radical (unpaired) electrons. The SMILES string of the molecule is CC(=O)c1cccc(NC(=O)COc2cc3sc(C)nc3c3sccc23)c1. The van der Waals surface area contributed by atoms with E-state index in [0.717, 1.165) is 25.3 Å². The molecule has 0 bridgehead atoms. The van der Waals surface area contributed by atoms with E-state index >= 15 is 0 Å². The van der Waals surface area contributed by atoms with E-state index in [0.29, 0.717) is 17.0 Å². The van der Waals surface area contributed by atoms with Gasteiger partial charge in [-0.2, -0.15) is 0 Å². The highest BCUT2D eigenvalue weighted by Crippen LogP contribution is 2.38. The summed E-state index contributed by atoms with van der Waals surface area (Å²) >= 11 is 3.23. The molecule has 0 unspecified atom stereocenters. The van der Waals surface area contributed by atoms with Crippen molar-refractivity contribution in [3.8, 4) is 5.75 Å². The second kappa shape index (κ2) is 7.09. The van der Waals surface area contributed by atoms with Crippen LogP contribution in [0.2, 0.25) is 0 Å². The summed E-state index contributed by atoms with van der Waals surface area (Å²) in [5.74, 6) is 0.352. The number of amides is 1. The Morgan fingerprint density at radius 3 is 2.89 bits per heavy atom. The number of benzene rings is 2. The lowest BCUT2D eigenvalue weighted by Gasteiger charge is -2.09. The Morgan fingerprint density at radius 1 is 1.22 bits per heavy atom. The van der Waals surface area contributed by atoms with Gasteiger partial charge in [0.25, 0.3) is 5.91 Å². The maximum absolute atomic E-state index is 12.3. The van der Waals surface area contributed by atoms with Gasteiger partial charge in [-0.05, 0) is 37.4 Å². The van der Waals surface area contributed by atoms with Crippen LogP contribution in [0.4, 0.5) is 5.69 Å². The first kappa shape index (κ1) is 17.6. The van der Waals surface area contributed by atoms with E-state index < -0.39 is 0 Å². The van der Waals surface area contributed by atoms with Crippen LogP contribution in [0.15, 0.2) is 41.8 Å². The number of fused-ring (bicyclic) bond motifs is 3. The average molecular weight is 396 g/mol. The number of carbonyl (C=O) groups excluding carboxylic acids is 2. The van der Waals surface area contributed by atoms with Gasteiger partial charge in [0.15, 0.2) is 12.4 Å². The molecule has 2 aromatic heterocycles. The first-order valence-corrected chi connectivity index (χ1v) is 10.0. The highest BCUT2D eigenvalue weighted by Gasteiger charge is 2.14. The van der Waals surface area contributed by atoms with Crippen LogP contribution in [0, 0.1) is 6.92 Å². The normalized spacial score (nSPS) is 11.0. The number of thiazole rings is 1. The predicted octanol–water partition coefficient (Wildman–Crippen LogP) is 5.04. The third kappa shape index (κ3) is 3.56. The minimum atomic E-state index is -0.278. The molecule has 7 heteroatoms. The zero-order valence-electron chi connectivity index (χ0n) is 14.7. The molecule has 0 saturated carbocycles. The van der Waals surface area contributed by atoms with Crippen molar-refractivity contribution in [2.75, 3.05) is 11.9 Å². The molecule has 0 aliphatic heterocycles. The number of carbonyl (C=O) groups is 2. The monoisotopic (exact) mass is 396 g/mol. The molecule has 136 valence electrons. The Morgan fingerprint density at radius 2 is 2.07 bits per heavy atom. The zero-order valence-corrected chi connectivity index (χ0v) is 16.4. The molecule has 0 saturated heterocycles. The zero-order chi connectivity index (χ0) is 19.0. The van der Waals surface area contributed by atoms with Crippen molar-refractivity contribution in [2.45, 2.75) is 13.8 Å². The number of nitrogens with zero attached hydrogens (tertiary/aromatic N) is 1. The van der Waals surface area contributed by atoms with Crippen LogP contribution in [-0.2, 0) is 4.79 Å². The van der Waals surface area contributed by atoms with Gasteiger partial charge in [0.05, 0.1) is 19.9 Å². The van der Waals surface area contributed by atoms with Gasteiger partial charge in [-0.15, -0.1) is 22.7 Å². The van der Waals surface area contributed by atoms with E-state index in [1.807, 2.05) is 24.4 Å².